The summed E-state index contributed by atoms with van der Waals surface area (Å²) in [7, 11) is -0.896. The van der Waals surface area contributed by atoms with Crippen molar-refractivity contribution in [2.24, 2.45) is 0 Å². The summed E-state index contributed by atoms with van der Waals surface area (Å²) in [6.45, 7) is 8.25. The first-order valence-electron chi connectivity index (χ1n) is 4.88. The molecular weight excluding hydrogens is 190 g/mol. The lowest BCUT2D eigenvalue weighted by atomic mass is 10.2. The molecule has 0 aliphatic heterocycles. The molecule has 0 aromatic carbocycles. The van der Waals surface area contributed by atoms with E-state index in [4.69, 9.17) is 5.11 Å². The Bertz CT molecular complexity index is 323. The van der Waals surface area contributed by atoms with E-state index in [0.29, 0.717) is 0 Å². The van der Waals surface area contributed by atoms with Gasteiger partial charge in [-0.3, -0.25) is 4.98 Å². The van der Waals surface area contributed by atoms with Crippen molar-refractivity contribution in [3.05, 3.63) is 36.2 Å². The van der Waals surface area contributed by atoms with Crippen LogP contribution < -0.4 is 5.19 Å². The normalized spacial score (nSPS) is 10.6. The topological polar surface area (TPSA) is 33.1 Å². The second-order valence-electron chi connectivity index (χ2n) is 3.69. The molecule has 1 N–H and O–H groups in total. The monoisotopic (exact) mass is 207 g/mol. The molecule has 0 bridgehead atoms. The molecule has 0 atom stereocenters. The van der Waals surface area contributed by atoms with Gasteiger partial charge in [0.25, 0.3) is 0 Å². The molecule has 0 saturated heterocycles. The largest absolute Gasteiger partial charge is 0.390 e. The van der Waals surface area contributed by atoms with Crippen LogP contribution >= 0.6 is 0 Å². The average Bonchev–Trinajstić information content (AvgIpc) is 2.18. The number of hydrogen-bond donors (Lipinski definition) is 1. The first-order chi connectivity index (χ1) is 6.69. The Morgan fingerprint density at radius 3 is 2.79 bits per heavy atom. The Morgan fingerprint density at radius 2 is 2.29 bits per heavy atom. The van der Waals surface area contributed by atoms with Gasteiger partial charge in [0.15, 0.2) is 0 Å². The van der Waals surface area contributed by atoms with Crippen LogP contribution in [0.5, 0.6) is 0 Å². The second kappa shape index (κ2) is 5.07. The highest BCUT2D eigenvalue weighted by atomic mass is 28.3. The fraction of sp³-hybridized carbons (Fsp3) is 0.364. The number of rotatable bonds is 4. The van der Waals surface area contributed by atoms with Gasteiger partial charge >= 0.3 is 0 Å². The lowest BCUT2D eigenvalue weighted by molar-refractivity contribution is 0.278. The average molecular weight is 207 g/mol. The van der Waals surface area contributed by atoms with Crippen LogP contribution in [0.25, 0.3) is 0 Å². The third-order valence-corrected chi connectivity index (χ3v) is 3.96. The lowest BCUT2D eigenvalue weighted by Gasteiger charge is -2.10. The molecule has 0 spiro atoms. The Balaban J connectivity index is 3.07. The Hall–Kier alpha value is -0.933. The molecule has 1 rings (SSSR count). The standard InChI is InChI=1S/C11H17NOSi/c1-4-5-9-6-11(14(2)3)10(8-13)12-7-9/h4,6-7,13-14H,1,5,8H2,2-3H3. The molecule has 0 amide bonds. The number of allylic oxidation sites excluding steroid dienone is 1. The van der Waals surface area contributed by atoms with E-state index in [0.717, 1.165) is 12.1 Å². The fourth-order valence-corrected chi connectivity index (χ4v) is 2.85. The summed E-state index contributed by atoms with van der Waals surface area (Å²) in [5, 5.41) is 10.4. The SMILES string of the molecule is C=CCc1cnc(CO)c([SiH](C)C)c1. The van der Waals surface area contributed by atoms with Crippen LogP contribution in [0.2, 0.25) is 13.1 Å². The smallest absolute Gasteiger partial charge is 0.0851 e. The van der Waals surface area contributed by atoms with Gasteiger partial charge in [-0.05, 0) is 17.2 Å². The number of pyridine rings is 1. The molecule has 0 aliphatic carbocycles. The minimum atomic E-state index is -0.896. The van der Waals surface area contributed by atoms with Gasteiger partial charge in [-0.15, -0.1) is 6.58 Å². The van der Waals surface area contributed by atoms with Gasteiger partial charge in [-0.25, -0.2) is 0 Å². The zero-order valence-electron chi connectivity index (χ0n) is 8.83. The molecule has 3 heteroatoms. The van der Waals surface area contributed by atoms with Crippen LogP contribution in [-0.2, 0) is 13.0 Å². The summed E-state index contributed by atoms with van der Waals surface area (Å²) in [4.78, 5) is 4.27. The summed E-state index contributed by atoms with van der Waals surface area (Å²) < 4.78 is 0. The maximum absolute atomic E-state index is 9.13. The molecule has 0 unspecified atom stereocenters. The van der Waals surface area contributed by atoms with Crippen LogP contribution in [-0.4, -0.2) is 18.9 Å². The molecule has 0 radical (unpaired) electrons. The predicted octanol–water partition coefficient (Wildman–Crippen LogP) is 0.996. The summed E-state index contributed by atoms with van der Waals surface area (Å²) in [5.74, 6) is 0. The molecule has 0 fully saturated rings. The van der Waals surface area contributed by atoms with Crippen molar-refractivity contribution in [3.63, 3.8) is 0 Å². The van der Waals surface area contributed by atoms with Gasteiger partial charge in [0.1, 0.15) is 0 Å². The maximum Gasteiger partial charge on any atom is 0.0851 e. The summed E-state index contributed by atoms with van der Waals surface area (Å²) in [6, 6.07) is 2.16. The highest BCUT2D eigenvalue weighted by molar-refractivity contribution is 6.71. The van der Waals surface area contributed by atoms with Crippen LogP contribution in [0.15, 0.2) is 24.9 Å². The maximum atomic E-state index is 9.13. The van der Waals surface area contributed by atoms with Crippen molar-refractivity contribution in [2.75, 3.05) is 0 Å². The van der Waals surface area contributed by atoms with E-state index >= 15 is 0 Å². The summed E-state index contributed by atoms with van der Waals surface area (Å²) in [6.07, 6.45) is 4.56. The van der Waals surface area contributed by atoms with Gasteiger partial charge in [0, 0.05) is 6.20 Å². The van der Waals surface area contributed by atoms with Gasteiger partial charge in [0.2, 0.25) is 0 Å². The highest BCUT2D eigenvalue weighted by Crippen LogP contribution is 2.02. The molecule has 14 heavy (non-hydrogen) atoms. The van der Waals surface area contributed by atoms with E-state index in [-0.39, 0.29) is 6.61 Å². The third kappa shape index (κ3) is 2.53. The zero-order valence-corrected chi connectivity index (χ0v) is 9.98. The third-order valence-electron chi connectivity index (χ3n) is 2.21. The Labute approximate surface area is 86.9 Å². The zero-order chi connectivity index (χ0) is 10.6. The molecular formula is C11H17NOSi. The molecule has 0 aliphatic rings. The summed E-state index contributed by atoms with van der Waals surface area (Å²) in [5.41, 5.74) is 2.04. The predicted molar refractivity (Wildman–Crippen MR) is 62.6 cm³/mol. The van der Waals surface area contributed by atoms with E-state index in [1.807, 2.05) is 12.3 Å². The number of aliphatic hydroxyl groups is 1. The van der Waals surface area contributed by atoms with Crippen molar-refractivity contribution in [2.45, 2.75) is 26.1 Å². The van der Waals surface area contributed by atoms with Gasteiger partial charge in [-0.2, -0.15) is 0 Å². The number of aromatic nitrogens is 1. The molecule has 1 aromatic heterocycles. The fourth-order valence-electron chi connectivity index (χ4n) is 1.47. The first kappa shape index (κ1) is 11.1. The molecule has 76 valence electrons. The summed E-state index contributed by atoms with van der Waals surface area (Å²) >= 11 is 0. The van der Waals surface area contributed by atoms with Crippen molar-refractivity contribution >= 4 is 14.0 Å². The van der Waals surface area contributed by atoms with E-state index in [1.54, 1.807) is 0 Å². The molecule has 2 nitrogen and oxygen atoms in total. The van der Waals surface area contributed by atoms with Gasteiger partial charge in [-0.1, -0.05) is 25.2 Å². The molecule has 1 aromatic rings. The van der Waals surface area contributed by atoms with Crippen LogP contribution in [0.4, 0.5) is 0 Å². The van der Waals surface area contributed by atoms with Crippen LogP contribution in [0, 0.1) is 0 Å². The van der Waals surface area contributed by atoms with Crippen LogP contribution in [0.1, 0.15) is 11.3 Å². The molecule has 1 heterocycles. The minimum absolute atomic E-state index is 0.0505. The number of aliphatic hydroxyl groups excluding tert-OH is 1. The van der Waals surface area contributed by atoms with E-state index in [2.05, 4.69) is 30.7 Å². The van der Waals surface area contributed by atoms with E-state index in [1.165, 1.54) is 10.8 Å². The Kier molecular flexibility index (Phi) is 4.04. The van der Waals surface area contributed by atoms with Gasteiger partial charge < -0.3 is 5.11 Å². The minimum Gasteiger partial charge on any atom is -0.390 e. The van der Waals surface area contributed by atoms with Gasteiger partial charge in [0.05, 0.1) is 21.1 Å². The van der Waals surface area contributed by atoms with E-state index in [9.17, 15) is 0 Å². The van der Waals surface area contributed by atoms with Crippen LogP contribution in [0.3, 0.4) is 0 Å². The van der Waals surface area contributed by atoms with Crippen molar-refractivity contribution in [1.82, 2.24) is 4.98 Å². The highest BCUT2D eigenvalue weighted by Gasteiger charge is 2.08. The van der Waals surface area contributed by atoms with Crippen molar-refractivity contribution < 1.29 is 5.11 Å². The first-order valence-corrected chi connectivity index (χ1v) is 7.77. The lowest BCUT2D eigenvalue weighted by Crippen LogP contribution is -2.28. The quantitative estimate of drug-likeness (QED) is 0.590. The van der Waals surface area contributed by atoms with Crippen molar-refractivity contribution in [3.8, 4) is 0 Å². The number of hydrogen-bond acceptors (Lipinski definition) is 2. The van der Waals surface area contributed by atoms with Crippen molar-refractivity contribution in [1.29, 1.82) is 0 Å². The molecule has 0 saturated carbocycles. The number of nitrogens with zero attached hydrogens (tertiary/aromatic N) is 1. The second-order valence-corrected chi connectivity index (χ2v) is 6.62. The van der Waals surface area contributed by atoms with E-state index < -0.39 is 8.80 Å². The Morgan fingerprint density at radius 1 is 1.57 bits per heavy atom.